The van der Waals surface area contributed by atoms with Crippen LogP contribution in [0, 0.1) is 5.92 Å². The van der Waals surface area contributed by atoms with Crippen LogP contribution in [0.4, 0.5) is 0 Å². The normalized spacial score (nSPS) is 30.9. The van der Waals surface area contributed by atoms with Gasteiger partial charge in [-0.25, -0.2) is 0 Å². The quantitative estimate of drug-likeness (QED) is 0.835. The number of nitrogens with one attached hydrogen (secondary N) is 1. The van der Waals surface area contributed by atoms with Gasteiger partial charge in [0, 0.05) is 18.8 Å². The molecule has 1 heterocycles. The Hall–Kier alpha value is -1.35. The summed E-state index contributed by atoms with van der Waals surface area (Å²) in [6, 6.07) is 10.2. The largest absolute Gasteiger partial charge is 0.453 e. The van der Waals surface area contributed by atoms with Crippen molar-refractivity contribution >= 4 is 5.97 Å². The molecule has 1 fully saturated rings. The van der Waals surface area contributed by atoms with Crippen LogP contribution in [0.1, 0.15) is 32.3 Å². The molecule has 1 aromatic rings. The Balaban J connectivity index is 2.35. The monoisotopic (exact) mass is 262 g/mol. The maximum Gasteiger partial charge on any atom is 0.306 e. The van der Waals surface area contributed by atoms with Crippen LogP contribution >= 0.6 is 0 Å². The first-order valence-electron chi connectivity index (χ1n) is 7.17. The van der Waals surface area contributed by atoms with Crippen LogP contribution in [0.15, 0.2) is 30.3 Å². The van der Waals surface area contributed by atoms with Gasteiger partial charge >= 0.3 is 5.97 Å². The van der Waals surface area contributed by atoms with Gasteiger partial charge in [0.25, 0.3) is 0 Å². The molecule has 0 saturated carbocycles. The lowest BCUT2D eigenvalue weighted by molar-refractivity contribution is -0.892. The molecule has 0 bridgehead atoms. The van der Waals surface area contributed by atoms with Crippen molar-refractivity contribution in [1.29, 1.82) is 0 Å². The highest BCUT2D eigenvalue weighted by Crippen LogP contribution is 2.38. The highest BCUT2D eigenvalue weighted by Gasteiger charge is 2.46. The predicted octanol–water partition coefficient (Wildman–Crippen LogP) is 1.39. The number of carbonyl (C=O) groups is 1. The van der Waals surface area contributed by atoms with Crippen LogP contribution < -0.4 is 4.90 Å². The van der Waals surface area contributed by atoms with E-state index in [0.29, 0.717) is 12.3 Å². The van der Waals surface area contributed by atoms with Crippen molar-refractivity contribution in [2.45, 2.75) is 32.3 Å². The minimum absolute atomic E-state index is 0.102. The first-order valence-corrected chi connectivity index (χ1v) is 7.17. The van der Waals surface area contributed by atoms with Gasteiger partial charge in [0.2, 0.25) is 0 Å². The summed E-state index contributed by atoms with van der Waals surface area (Å²) >= 11 is 0. The molecule has 1 aliphatic rings. The fourth-order valence-corrected chi connectivity index (χ4v) is 3.07. The van der Waals surface area contributed by atoms with Gasteiger partial charge in [0.1, 0.15) is 0 Å². The zero-order valence-electron chi connectivity index (χ0n) is 12.1. The number of carbonyl (C=O) groups excluding carboxylic acids is 1. The number of hydrogen-bond donors (Lipinski definition) is 1. The first kappa shape index (κ1) is 14.1. The molecule has 0 radical (unpaired) electrons. The Kier molecular flexibility index (Phi) is 4.25. The summed E-state index contributed by atoms with van der Waals surface area (Å²) in [6.45, 7) is 6.12. The fraction of sp³-hybridized carbons (Fsp3) is 0.562. The van der Waals surface area contributed by atoms with E-state index in [4.69, 9.17) is 4.74 Å². The second-order valence-electron chi connectivity index (χ2n) is 5.65. The third-order valence-electron chi connectivity index (χ3n) is 4.22. The fourth-order valence-electron chi connectivity index (χ4n) is 3.07. The van der Waals surface area contributed by atoms with Gasteiger partial charge in [-0.15, -0.1) is 0 Å². The molecule has 1 N–H and O–H groups in total. The van der Waals surface area contributed by atoms with Gasteiger partial charge in [-0.3, -0.25) is 4.79 Å². The van der Waals surface area contributed by atoms with E-state index in [1.165, 1.54) is 4.90 Å². The second-order valence-corrected chi connectivity index (χ2v) is 5.65. The smallest absolute Gasteiger partial charge is 0.306 e. The average Bonchev–Trinajstić information content (AvgIpc) is 2.43. The molecule has 1 aliphatic heterocycles. The molecule has 0 amide bonds. The molecule has 3 nitrogen and oxygen atoms in total. The number of hydrogen-bond acceptors (Lipinski definition) is 2. The van der Waals surface area contributed by atoms with E-state index in [9.17, 15) is 4.79 Å². The molecular weight excluding hydrogens is 238 g/mol. The molecular formula is C16H24NO2+. The second kappa shape index (κ2) is 5.74. The number of ether oxygens (including phenoxy) is 1. The predicted molar refractivity (Wildman–Crippen MR) is 74.9 cm³/mol. The molecule has 2 rings (SSSR count). The van der Waals surface area contributed by atoms with E-state index < -0.39 is 5.60 Å². The molecule has 3 heteroatoms. The third-order valence-corrected chi connectivity index (χ3v) is 4.22. The molecule has 104 valence electrons. The SMILES string of the molecule is CCC(=O)O[C@@]1(c2ccccc2)CC[NH+](C)C[C@@H]1C. The standard InChI is InChI=1S/C16H23NO2/c1-4-15(18)19-16(14-8-6-5-7-9-14)10-11-17(3)12-13(16)2/h5-9,13H,4,10-12H2,1-3H3/p+1/t13-,16-/m0/s1. The molecule has 19 heavy (non-hydrogen) atoms. The van der Waals surface area contributed by atoms with E-state index in [0.717, 1.165) is 25.1 Å². The van der Waals surface area contributed by atoms with Gasteiger partial charge < -0.3 is 9.64 Å². The number of esters is 1. The molecule has 0 aliphatic carbocycles. The summed E-state index contributed by atoms with van der Waals surface area (Å²) in [5.41, 5.74) is 0.699. The molecule has 0 aromatic heterocycles. The van der Waals surface area contributed by atoms with Crippen LogP contribution in [0.3, 0.4) is 0 Å². The maximum absolute atomic E-state index is 11.9. The Morgan fingerprint density at radius 2 is 2.11 bits per heavy atom. The average molecular weight is 262 g/mol. The number of quaternary nitrogens is 1. The highest BCUT2D eigenvalue weighted by molar-refractivity contribution is 5.69. The maximum atomic E-state index is 11.9. The first-order chi connectivity index (χ1) is 9.08. The Bertz CT molecular complexity index is 432. The van der Waals surface area contributed by atoms with Crippen molar-refractivity contribution in [1.82, 2.24) is 0 Å². The Morgan fingerprint density at radius 1 is 1.42 bits per heavy atom. The van der Waals surface area contributed by atoms with Gasteiger partial charge in [0.05, 0.1) is 20.1 Å². The molecule has 1 saturated heterocycles. The summed E-state index contributed by atoms with van der Waals surface area (Å²) in [5, 5.41) is 0. The summed E-state index contributed by atoms with van der Waals surface area (Å²) in [4.78, 5) is 13.4. The number of benzene rings is 1. The van der Waals surface area contributed by atoms with Crippen molar-refractivity contribution in [3.8, 4) is 0 Å². The Morgan fingerprint density at radius 3 is 2.68 bits per heavy atom. The summed E-state index contributed by atoms with van der Waals surface area (Å²) in [6.07, 6.45) is 1.33. The van der Waals surface area contributed by atoms with Crippen LogP contribution in [-0.2, 0) is 15.1 Å². The van der Waals surface area contributed by atoms with Gasteiger partial charge in [-0.2, -0.15) is 0 Å². The number of piperidine rings is 1. The lowest BCUT2D eigenvalue weighted by Crippen LogP contribution is -3.11. The van der Waals surface area contributed by atoms with Crippen molar-refractivity contribution in [2.24, 2.45) is 5.92 Å². The molecule has 1 aromatic carbocycles. The van der Waals surface area contributed by atoms with Crippen molar-refractivity contribution in [3.05, 3.63) is 35.9 Å². The molecule has 3 atom stereocenters. The topological polar surface area (TPSA) is 30.7 Å². The van der Waals surface area contributed by atoms with E-state index in [1.807, 2.05) is 25.1 Å². The zero-order chi connectivity index (χ0) is 13.9. The van der Waals surface area contributed by atoms with Crippen LogP contribution in [0.5, 0.6) is 0 Å². The lowest BCUT2D eigenvalue weighted by Gasteiger charge is -2.43. The Labute approximate surface area is 115 Å². The molecule has 0 spiro atoms. The summed E-state index contributed by atoms with van der Waals surface area (Å²) in [7, 11) is 2.20. The van der Waals surface area contributed by atoms with E-state index in [2.05, 4.69) is 26.1 Å². The van der Waals surface area contributed by atoms with Crippen molar-refractivity contribution < 1.29 is 14.4 Å². The van der Waals surface area contributed by atoms with Crippen LogP contribution in [-0.4, -0.2) is 26.1 Å². The number of likely N-dealkylation sites (tertiary alicyclic amines) is 1. The van der Waals surface area contributed by atoms with E-state index >= 15 is 0 Å². The lowest BCUT2D eigenvalue weighted by atomic mass is 9.76. The van der Waals surface area contributed by atoms with Crippen molar-refractivity contribution in [2.75, 3.05) is 20.1 Å². The number of rotatable bonds is 3. The zero-order valence-corrected chi connectivity index (χ0v) is 12.1. The van der Waals surface area contributed by atoms with E-state index in [1.54, 1.807) is 0 Å². The van der Waals surface area contributed by atoms with Crippen LogP contribution in [0.2, 0.25) is 0 Å². The summed E-state index contributed by atoms with van der Waals surface area (Å²) < 4.78 is 5.92. The van der Waals surface area contributed by atoms with Crippen LogP contribution in [0.25, 0.3) is 0 Å². The minimum Gasteiger partial charge on any atom is -0.453 e. The van der Waals surface area contributed by atoms with Gasteiger partial charge in [-0.1, -0.05) is 44.2 Å². The van der Waals surface area contributed by atoms with E-state index in [-0.39, 0.29) is 5.97 Å². The minimum atomic E-state index is -0.437. The summed E-state index contributed by atoms with van der Waals surface area (Å²) in [5.74, 6) is 0.231. The van der Waals surface area contributed by atoms with Gasteiger partial charge in [0.15, 0.2) is 5.60 Å². The van der Waals surface area contributed by atoms with Gasteiger partial charge in [-0.05, 0) is 5.56 Å². The highest BCUT2D eigenvalue weighted by atomic mass is 16.6. The van der Waals surface area contributed by atoms with Crippen molar-refractivity contribution in [3.63, 3.8) is 0 Å². The third kappa shape index (κ3) is 2.81. The molecule has 1 unspecified atom stereocenters.